The van der Waals surface area contributed by atoms with Gasteiger partial charge in [0.25, 0.3) is 5.79 Å². The minimum absolute atomic E-state index is 0.653. The maximum Gasteiger partial charge on any atom is 0.281 e. The van der Waals surface area contributed by atoms with E-state index in [1.165, 1.54) is 5.56 Å². The van der Waals surface area contributed by atoms with Crippen LogP contribution in [-0.2, 0) is 6.42 Å². The van der Waals surface area contributed by atoms with Gasteiger partial charge < -0.3 is 14.6 Å². The van der Waals surface area contributed by atoms with Crippen LogP contribution >= 0.6 is 0 Å². The molecule has 2 aliphatic heterocycles. The zero-order chi connectivity index (χ0) is 12.9. The van der Waals surface area contributed by atoms with E-state index in [0.29, 0.717) is 6.42 Å². The van der Waals surface area contributed by atoms with Gasteiger partial charge in [-0.05, 0) is 24.1 Å². The molecule has 0 radical (unpaired) electrons. The number of rotatable bonds is 0. The van der Waals surface area contributed by atoms with E-state index in [1.807, 2.05) is 42.5 Å². The molecule has 2 atom stereocenters. The van der Waals surface area contributed by atoms with Crippen molar-refractivity contribution in [3.63, 3.8) is 0 Å². The lowest BCUT2D eigenvalue weighted by Gasteiger charge is -2.36. The molecule has 0 aliphatic carbocycles. The van der Waals surface area contributed by atoms with E-state index in [4.69, 9.17) is 9.47 Å². The first kappa shape index (κ1) is 10.9. The molecule has 0 amide bonds. The van der Waals surface area contributed by atoms with Gasteiger partial charge in [-0.25, -0.2) is 0 Å². The van der Waals surface area contributed by atoms with Gasteiger partial charge in [-0.1, -0.05) is 36.4 Å². The molecule has 96 valence electrons. The molecule has 4 rings (SSSR count). The highest BCUT2D eigenvalue weighted by Crippen LogP contribution is 2.48. The Morgan fingerprint density at radius 1 is 0.947 bits per heavy atom. The summed E-state index contributed by atoms with van der Waals surface area (Å²) in [6.45, 7) is 0. The highest BCUT2D eigenvalue weighted by atomic mass is 16.7. The first-order valence-electron chi connectivity index (χ1n) is 6.51. The summed E-state index contributed by atoms with van der Waals surface area (Å²) in [5.74, 6) is 0.563. The van der Waals surface area contributed by atoms with Crippen LogP contribution in [0.1, 0.15) is 23.7 Å². The Balaban J connectivity index is 1.75. The van der Waals surface area contributed by atoms with Gasteiger partial charge in [0.05, 0.1) is 0 Å². The quantitative estimate of drug-likeness (QED) is 0.785. The molecule has 3 nitrogen and oxygen atoms in total. The summed E-state index contributed by atoms with van der Waals surface area (Å²) in [5, 5.41) is 10.5. The lowest BCUT2D eigenvalue weighted by atomic mass is 9.94. The van der Waals surface area contributed by atoms with E-state index in [0.717, 1.165) is 23.5 Å². The van der Waals surface area contributed by atoms with Crippen molar-refractivity contribution in [2.45, 2.75) is 24.7 Å². The van der Waals surface area contributed by atoms with Gasteiger partial charge >= 0.3 is 0 Å². The highest BCUT2D eigenvalue weighted by molar-refractivity contribution is 5.43. The van der Waals surface area contributed by atoms with Crippen molar-refractivity contribution in [3.05, 3.63) is 59.7 Å². The van der Waals surface area contributed by atoms with Gasteiger partial charge in [-0.2, -0.15) is 0 Å². The van der Waals surface area contributed by atoms with Gasteiger partial charge in [0, 0.05) is 12.0 Å². The highest BCUT2D eigenvalue weighted by Gasteiger charge is 2.51. The minimum atomic E-state index is -0.960. The normalized spacial score (nSPS) is 27.3. The monoisotopic (exact) mass is 254 g/mol. The molecule has 2 aliphatic rings. The number of fused-ring (bicyclic) bond motifs is 2. The molecule has 3 heteroatoms. The Labute approximate surface area is 111 Å². The summed E-state index contributed by atoms with van der Waals surface area (Å²) < 4.78 is 11.9. The number of hydrogen-bond acceptors (Lipinski definition) is 3. The number of benzene rings is 2. The molecule has 2 heterocycles. The molecule has 19 heavy (non-hydrogen) atoms. The molecule has 2 aromatic rings. The van der Waals surface area contributed by atoms with Gasteiger partial charge in [-0.3, -0.25) is 0 Å². The fraction of sp³-hybridized carbons (Fsp3) is 0.250. The Morgan fingerprint density at radius 2 is 1.63 bits per heavy atom. The van der Waals surface area contributed by atoms with E-state index in [9.17, 15) is 5.11 Å². The maximum absolute atomic E-state index is 10.5. The molecule has 1 N–H and O–H groups in total. The maximum atomic E-state index is 10.5. The largest absolute Gasteiger partial charge is 0.449 e. The zero-order valence-electron chi connectivity index (χ0n) is 10.4. The van der Waals surface area contributed by atoms with E-state index in [1.54, 1.807) is 0 Å². The van der Waals surface area contributed by atoms with Crippen LogP contribution < -0.4 is 9.47 Å². The van der Waals surface area contributed by atoms with Crippen molar-refractivity contribution in [2.75, 3.05) is 0 Å². The van der Waals surface area contributed by atoms with Crippen molar-refractivity contribution in [2.24, 2.45) is 0 Å². The second-order valence-electron chi connectivity index (χ2n) is 5.06. The minimum Gasteiger partial charge on any atom is -0.449 e. The fourth-order valence-corrected chi connectivity index (χ4v) is 2.90. The predicted octanol–water partition coefficient (Wildman–Crippen LogP) is 2.83. The molecule has 2 unspecified atom stereocenters. The molecule has 0 aromatic heterocycles. The number of para-hydroxylation sites is 2. The van der Waals surface area contributed by atoms with Crippen LogP contribution in [0, 0.1) is 0 Å². The van der Waals surface area contributed by atoms with Crippen molar-refractivity contribution in [1.29, 1.82) is 0 Å². The average molecular weight is 254 g/mol. The summed E-state index contributed by atoms with van der Waals surface area (Å²) in [4.78, 5) is 0. The standard InChI is InChI=1S/C16H14O3/c17-15-12-6-2-4-8-14(12)19-16(15)10-9-11-5-1-3-7-13(11)18-16/h1-8,15,17H,9-10H2. The van der Waals surface area contributed by atoms with Crippen LogP contribution in [0.25, 0.3) is 0 Å². The molecule has 0 saturated carbocycles. The molecular weight excluding hydrogens is 240 g/mol. The molecule has 0 bridgehead atoms. The number of aliphatic hydroxyl groups is 1. The summed E-state index contributed by atoms with van der Waals surface area (Å²) in [5.41, 5.74) is 1.97. The number of hydrogen-bond donors (Lipinski definition) is 1. The van der Waals surface area contributed by atoms with Crippen LogP contribution in [0.5, 0.6) is 11.5 Å². The van der Waals surface area contributed by atoms with Gasteiger partial charge in [-0.15, -0.1) is 0 Å². The van der Waals surface area contributed by atoms with Crippen LogP contribution in [0.2, 0.25) is 0 Å². The van der Waals surface area contributed by atoms with Gasteiger partial charge in [0.2, 0.25) is 0 Å². The van der Waals surface area contributed by atoms with Crippen molar-refractivity contribution < 1.29 is 14.6 Å². The van der Waals surface area contributed by atoms with Crippen LogP contribution in [0.3, 0.4) is 0 Å². The van der Waals surface area contributed by atoms with E-state index >= 15 is 0 Å². The first-order valence-corrected chi connectivity index (χ1v) is 6.51. The summed E-state index contributed by atoms with van der Waals surface area (Å²) in [7, 11) is 0. The van der Waals surface area contributed by atoms with E-state index < -0.39 is 11.9 Å². The Hall–Kier alpha value is -2.00. The van der Waals surface area contributed by atoms with Crippen molar-refractivity contribution >= 4 is 0 Å². The van der Waals surface area contributed by atoms with E-state index in [2.05, 4.69) is 6.07 Å². The molecule has 0 saturated heterocycles. The van der Waals surface area contributed by atoms with Crippen molar-refractivity contribution in [3.8, 4) is 11.5 Å². The summed E-state index contributed by atoms with van der Waals surface area (Å²) in [6, 6.07) is 15.5. The molecule has 1 spiro atoms. The van der Waals surface area contributed by atoms with Crippen LogP contribution in [0.15, 0.2) is 48.5 Å². The lowest BCUT2D eigenvalue weighted by molar-refractivity contribution is -0.179. The number of ether oxygens (including phenoxy) is 2. The summed E-state index contributed by atoms with van der Waals surface area (Å²) in [6.07, 6.45) is 0.762. The van der Waals surface area contributed by atoms with E-state index in [-0.39, 0.29) is 0 Å². The fourth-order valence-electron chi connectivity index (χ4n) is 2.90. The van der Waals surface area contributed by atoms with Crippen molar-refractivity contribution in [1.82, 2.24) is 0 Å². The second kappa shape index (κ2) is 3.75. The topological polar surface area (TPSA) is 38.7 Å². The van der Waals surface area contributed by atoms with Gasteiger partial charge in [0.1, 0.15) is 11.5 Å². The average Bonchev–Trinajstić information content (AvgIpc) is 2.72. The third kappa shape index (κ3) is 1.48. The molecule has 0 fully saturated rings. The zero-order valence-corrected chi connectivity index (χ0v) is 10.4. The molecular formula is C16H14O3. The smallest absolute Gasteiger partial charge is 0.281 e. The first-order chi connectivity index (χ1) is 9.28. The Bertz CT molecular complexity index is 637. The lowest BCUT2D eigenvalue weighted by Crippen LogP contribution is -2.46. The Morgan fingerprint density at radius 3 is 2.47 bits per heavy atom. The third-order valence-electron chi connectivity index (χ3n) is 3.91. The molecule has 2 aromatic carbocycles. The number of aryl methyl sites for hydroxylation is 1. The van der Waals surface area contributed by atoms with Crippen LogP contribution in [-0.4, -0.2) is 10.9 Å². The Kier molecular flexibility index (Phi) is 2.15. The number of aliphatic hydroxyl groups excluding tert-OH is 1. The van der Waals surface area contributed by atoms with Crippen LogP contribution in [0.4, 0.5) is 0 Å². The third-order valence-corrected chi connectivity index (χ3v) is 3.91. The van der Waals surface area contributed by atoms with Gasteiger partial charge in [0.15, 0.2) is 6.10 Å². The summed E-state index contributed by atoms with van der Waals surface area (Å²) >= 11 is 0. The SMILES string of the molecule is OC1c2ccccc2OC12CCc1ccccc1O2. The second-order valence-corrected chi connectivity index (χ2v) is 5.06. The predicted molar refractivity (Wildman–Crippen MR) is 70.2 cm³/mol.